The second-order valence-corrected chi connectivity index (χ2v) is 9.30. The van der Waals surface area contributed by atoms with Crippen LogP contribution in [0.5, 0.6) is 5.75 Å². The standard InChI is InChI=1S/C27H38O8/c1-7-22-23(9-8-16-31-22)35-27(4,25(28)30-6)24(15-14-21-18-33-26(2,3)34-21)32-17-19-10-12-20(29-5)13-11-19/h7,10-15,21-24H,1,8-9,16-18H2,2-6H3/t21-,22+,23-,24+,27-/m0/s1. The van der Waals surface area contributed by atoms with Crippen LogP contribution in [0.1, 0.15) is 39.2 Å². The van der Waals surface area contributed by atoms with E-state index in [1.165, 1.54) is 7.11 Å². The summed E-state index contributed by atoms with van der Waals surface area (Å²) in [6.07, 6.45) is 5.14. The summed E-state index contributed by atoms with van der Waals surface area (Å²) in [6, 6.07) is 7.54. The summed E-state index contributed by atoms with van der Waals surface area (Å²) in [5.41, 5.74) is -0.526. The van der Waals surface area contributed by atoms with E-state index in [2.05, 4.69) is 6.58 Å². The molecule has 0 saturated carbocycles. The van der Waals surface area contributed by atoms with Crippen molar-refractivity contribution in [1.82, 2.24) is 0 Å². The van der Waals surface area contributed by atoms with Crippen molar-refractivity contribution in [2.75, 3.05) is 27.4 Å². The Bertz CT molecular complexity index is 864. The molecule has 194 valence electrons. The van der Waals surface area contributed by atoms with Gasteiger partial charge in [0.1, 0.15) is 24.1 Å². The Morgan fingerprint density at radius 3 is 2.63 bits per heavy atom. The first-order valence-corrected chi connectivity index (χ1v) is 12.0. The van der Waals surface area contributed by atoms with Crippen molar-refractivity contribution in [2.24, 2.45) is 0 Å². The number of ether oxygens (including phenoxy) is 7. The monoisotopic (exact) mass is 490 g/mol. The average Bonchev–Trinajstić information content (AvgIpc) is 3.22. The van der Waals surface area contributed by atoms with Gasteiger partial charge in [-0.25, -0.2) is 4.79 Å². The lowest BCUT2D eigenvalue weighted by Gasteiger charge is -2.39. The van der Waals surface area contributed by atoms with Gasteiger partial charge in [-0.15, -0.1) is 6.58 Å². The molecule has 0 N–H and O–H groups in total. The van der Waals surface area contributed by atoms with Crippen LogP contribution in [0.2, 0.25) is 0 Å². The van der Waals surface area contributed by atoms with Crippen molar-refractivity contribution in [3.05, 3.63) is 54.6 Å². The first kappa shape index (κ1) is 27.4. The molecule has 35 heavy (non-hydrogen) atoms. The zero-order valence-electron chi connectivity index (χ0n) is 21.4. The number of rotatable bonds is 11. The summed E-state index contributed by atoms with van der Waals surface area (Å²) < 4.78 is 40.5. The van der Waals surface area contributed by atoms with Gasteiger partial charge >= 0.3 is 5.97 Å². The van der Waals surface area contributed by atoms with Crippen molar-refractivity contribution in [1.29, 1.82) is 0 Å². The van der Waals surface area contributed by atoms with Gasteiger partial charge in [-0.3, -0.25) is 0 Å². The number of methoxy groups -OCH3 is 2. The summed E-state index contributed by atoms with van der Waals surface area (Å²) in [4.78, 5) is 13.1. The molecule has 0 unspecified atom stereocenters. The second kappa shape index (κ2) is 12.1. The number of carbonyl (C=O) groups excluding carboxylic acids is 1. The lowest BCUT2D eigenvalue weighted by Crippen LogP contribution is -2.54. The lowest BCUT2D eigenvalue weighted by molar-refractivity contribution is -0.211. The van der Waals surface area contributed by atoms with Crippen LogP contribution >= 0.6 is 0 Å². The van der Waals surface area contributed by atoms with E-state index in [4.69, 9.17) is 33.2 Å². The first-order valence-electron chi connectivity index (χ1n) is 12.0. The van der Waals surface area contributed by atoms with Gasteiger partial charge in [0.05, 0.1) is 33.5 Å². The van der Waals surface area contributed by atoms with E-state index in [0.717, 1.165) is 24.2 Å². The van der Waals surface area contributed by atoms with E-state index in [1.54, 1.807) is 26.2 Å². The molecule has 1 aromatic rings. The van der Waals surface area contributed by atoms with Crippen LogP contribution < -0.4 is 4.74 Å². The summed E-state index contributed by atoms with van der Waals surface area (Å²) >= 11 is 0. The van der Waals surface area contributed by atoms with Crippen molar-refractivity contribution in [2.45, 2.75) is 76.0 Å². The Balaban J connectivity index is 1.86. The van der Waals surface area contributed by atoms with Gasteiger partial charge in [-0.1, -0.05) is 30.4 Å². The van der Waals surface area contributed by atoms with Gasteiger partial charge in [-0.2, -0.15) is 0 Å². The SMILES string of the molecule is C=C[C@H]1OCCC[C@@H]1O[C@](C)(C(=O)OC)[C@@H](C=C[C@H]1COC(C)(C)O1)OCc1ccc(OC)cc1. The summed E-state index contributed by atoms with van der Waals surface area (Å²) in [5.74, 6) is -0.464. The smallest absolute Gasteiger partial charge is 0.340 e. The predicted octanol–water partition coefficient (Wildman–Crippen LogP) is 3.97. The third kappa shape index (κ3) is 7.15. The fourth-order valence-electron chi connectivity index (χ4n) is 4.21. The number of esters is 1. The van der Waals surface area contributed by atoms with Crippen LogP contribution in [0.15, 0.2) is 49.1 Å². The fourth-order valence-corrected chi connectivity index (χ4v) is 4.21. The van der Waals surface area contributed by atoms with Crippen molar-refractivity contribution in [3.63, 3.8) is 0 Å². The molecule has 1 aromatic carbocycles. The molecule has 2 fully saturated rings. The van der Waals surface area contributed by atoms with Gasteiger partial charge in [0.25, 0.3) is 0 Å². The van der Waals surface area contributed by atoms with Gasteiger partial charge < -0.3 is 33.2 Å². The maximum Gasteiger partial charge on any atom is 0.340 e. The highest BCUT2D eigenvalue weighted by Gasteiger charge is 2.47. The Morgan fingerprint density at radius 2 is 2.03 bits per heavy atom. The maximum absolute atomic E-state index is 13.1. The molecule has 5 atom stereocenters. The van der Waals surface area contributed by atoms with Gasteiger partial charge in [-0.05, 0) is 51.3 Å². The molecule has 2 heterocycles. The molecule has 0 bridgehead atoms. The molecule has 0 aromatic heterocycles. The minimum absolute atomic E-state index is 0.245. The first-order chi connectivity index (χ1) is 16.7. The molecule has 0 spiro atoms. The summed E-state index contributed by atoms with van der Waals surface area (Å²) in [7, 11) is 2.96. The Labute approximate surface area is 208 Å². The molecule has 0 radical (unpaired) electrons. The number of hydrogen-bond donors (Lipinski definition) is 0. The Morgan fingerprint density at radius 1 is 1.29 bits per heavy atom. The summed E-state index contributed by atoms with van der Waals surface area (Å²) in [6.45, 7) is 10.5. The Kier molecular flexibility index (Phi) is 9.49. The van der Waals surface area contributed by atoms with Crippen LogP contribution in [0.3, 0.4) is 0 Å². The highest BCUT2D eigenvalue weighted by atomic mass is 16.7. The van der Waals surface area contributed by atoms with E-state index < -0.39 is 23.5 Å². The normalized spacial score (nSPS) is 26.7. The largest absolute Gasteiger partial charge is 0.497 e. The molecule has 3 rings (SSSR count). The van der Waals surface area contributed by atoms with Crippen LogP contribution in [-0.4, -0.2) is 69.2 Å². The van der Waals surface area contributed by atoms with Crippen LogP contribution in [-0.2, 0) is 39.8 Å². The molecule has 2 aliphatic heterocycles. The minimum Gasteiger partial charge on any atom is -0.497 e. The molecule has 2 aliphatic rings. The van der Waals surface area contributed by atoms with Crippen molar-refractivity contribution >= 4 is 5.97 Å². The zero-order valence-corrected chi connectivity index (χ0v) is 21.4. The highest BCUT2D eigenvalue weighted by molar-refractivity contribution is 5.80. The van der Waals surface area contributed by atoms with Crippen LogP contribution in [0.25, 0.3) is 0 Å². The predicted molar refractivity (Wildman–Crippen MR) is 130 cm³/mol. The molecule has 8 heteroatoms. The summed E-state index contributed by atoms with van der Waals surface area (Å²) in [5, 5.41) is 0. The van der Waals surface area contributed by atoms with E-state index in [9.17, 15) is 4.79 Å². The molecule has 8 nitrogen and oxygen atoms in total. The lowest BCUT2D eigenvalue weighted by atomic mass is 9.95. The molecular weight excluding hydrogens is 452 g/mol. The zero-order chi connectivity index (χ0) is 25.5. The third-order valence-electron chi connectivity index (χ3n) is 6.19. The second-order valence-electron chi connectivity index (χ2n) is 9.30. The Hall–Kier alpha value is -2.23. The van der Waals surface area contributed by atoms with Crippen molar-refractivity contribution in [3.8, 4) is 5.75 Å². The van der Waals surface area contributed by atoms with E-state index in [1.807, 2.05) is 44.2 Å². The van der Waals surface area contributed by atoms with Crippen molar-refractivity contribution < 1.29 is 38.0 Å². The van der Waals surface area contributed by atoms with Crippen LogP contribution in [0, 0.1) is 0 Å². The van der Waals surface area contributed by atoms with Gasteiger partial charge in [0, 0.05) is 6.61 Å². The van der Waals surface area contributed by atoms with Gasteiger partial charge in [0.15, 0.2) is 11.4 Å². The highest BCUT2D eigenvalue weighted by Crippen LogP contribution is 2.31. The number of hydrogen-bond acceptors (Lipinski definition) is 8. The topological polar surface area (TPSA) is 81.7 Å². The quantitative estimate of drug-likeness (QED) is 0.341. The molecular formula is C27H38O8. The molecule has 0 amide bonds. The third-order valence-corrected chi connectivity index (χ3v) is 6.19. The van der Waals surface area contributed by atoms with Crippen LogP contribution in [0.4, 0.5) is 0 Å². The number of carbonyl (C=O) groups is 1. The molecule has 0 aliphatic carbocycles. The van der Waals surface area contributed by atoms with E-state index in [0.29, 0.717) is 13.2 Å². The minimum atomic E-state index is -1.45. The average molecular weight is 491 g/mol. The maximum atomic E-state index is 13.1. The van der Waals surface area contributed by atoms with E-state index in [-0.39, 0.29) is 24.9 Å². The fraction of sp³-hybridized carbons (Fsp3) is 0.593. The van der Waals surface area contributed by atoms with Gasteiger partial charge in [0.2, 0.25) is 0 Å². The van der Waals surface area contributed by atoms with E-state index >= 15 is 0 Å². The molecule has 2 saturated heterocycles. The number of benzene rings is 1.